The largest absolute Gasteiger partial charge is 0.478 e. The summed E-state index contributed by atoms with van der Waals surface area (Å²) >= 11 is 6.24. The summed E-state index contributed by atoms with van der Waals surface area (Å²) in [6, 6.07) is -0.0279. The number of nitrogens with one attached hydrogen (secondary N) is 1. The zero-order chi connectivity index (χ0) is 14.2. The Hall–Kier alpha value is -0.740. The first kappa shape index (κ1) is 14.7. The Morgan fingerprint density at radius 2 is 2.26 bits per heavy atom. The number of ether oxygens (including phenoxy) is 1. The molecule has 1 aliphatic heterocycles. The molecular formula is C9H9ClFNO5S2. The van der Waals surface area contributed by atoms with Gasteiger partial charge in [0.15, 0.2) is 0 Å². The summed E-state index contributed by atoms with van der Waals surface area (Å²) in [5, 5.41) is 8.80. The molecule has 1 aromatic rings. The Labute approximate surface area is 117 Å². The van der Waals surface area contributed by atoms with Gasteiger partial charge in [-0.15, -0.1) is 11.3 Å². The summed E-state index contributed by atoms with van der Waals surface area (Å²) in [4.78, 5) is 10.8. The predicted octanol–water partition coefficient (Wildman–Crippen LogP) is 1.11. The van der Waals surface area contributed by atoms with Gasteiger partial charge in [0, 0.05) is 0 Å². The molecule has 0 spiro atoms. The van der Waals surface area contributed by atoms with Gasteiger partial charge in [-0.1, -0.05) is 11.6 Å². The highest BCUT2D eigenvalue weighted by atomic mass is 35.5. The molecule has 2 atom stereocenters. The van der Waals surface area contributed by atoms with Crippen LogP contribution in [0.3, 0.4) is 0 Å². The second kappa shape index (κ2) is 5.33. The van der Waals surface area contributed by atoms with Crippen LogP contribution in [0.4, 0.5) is 4.39 Å². The van der Waals surface area contributed by atoms with Gasteiger partial charge in [0.2, 0.25) is 0 Å². The molecule has 0 unspecified atom stereocenters. The van der Waals surface area contributed by atoms with Gasteiger partial charge in [-0.25, -0.2) is 22.3 Å². The minimum absolute atomic E-state index is 0.0642. The van der Waals surface area contributed by atoms with Gasteiger partial charge >= 0.3 is 5.97 Å². The van der Waals surface area contributed by atoms with Gasteiger partial charge in [0.25, 0.3) is 10.0 Å². The molecule has 2 heterocycles. The smallest absolute Gasteiger partial charge is 0.338 e. The van der Waals surface area contributed by atoms with E-state index in [1.807, 2.05) is 0 Å². The van der Waals surface area contributed by atoms with Gasteiger partial charge in [0.1, 0.15) is 14.7 Å². The minimum Gasteiger partial charge on any atom is -0.478 e. The number of carbonyl (C=O) groups is 1. The molecule has 2 N–H and O–H groups in total. The zero-order valence-corrected chi connectivity index (χ0v) is 11.7. The van der Waals surface area contributed by atoms with Crippen molar-refractivity contribution in [1.82, 2.24) is 4.72 Å². The third-order valence-corrected chi connectivity index (χ3v) is 5.80. The lowest BCUT2D eigenvalue weighted by molar-refractivity contribution is 0.0697. The van der Waals surface area contributed by atoms with E-state index in [2.05, 4.69) is 4.72 Å². The van der Waals surface area contributed by atoms with E-state index >= 15 is 0 Å². The fourth-order valence-electron chi connectivity index (χ4n) is 1.52. The van der Waals surface area contributed by atoms with E-state index in [-0.39, 0.29) is 27.3 Å². The van der Waals surface area contributed by atoms with Crippen molar-refractivity contribution in [3.63, 3.8) is 0 Å². The average Bonchev–Trinajstić information content (AvgIpc) is 2.86. The van der Waals surface area contributed by atoms with E-state index in [0.717, 1.165) is 6.07 Å². The van der Waals surface area contributed by atoms with Crippen molar-refractivity contribution in [1.29, 1.82) is 0 Å². The second-order valence-electron chi connectivity index (χ2n) is 3.84. The Kier molecular flexibility index (Phi) is 4.11. The van der Waals surface area contributed by atoms with Crippen LogP contribution < -0.4 is 4.72 Å². The van der Waals surface area contributed by atoms with Gasteiger partial charge in [0.05, 0.1) is 24.8 Å². The van der Waals surface area contributed by atoms with Crippen LogP contribution in [0.1, 0.15) is 10.4 Å². The Morgan fingerprint density at radius 1 is 1.58 bits per heavy atom. The van der Waals surface area contributed by atoms with Crippen molar-refractivity contribution in [3.05, 3.63) is 16.0 Å². The van der Waals surface area contributed by atoms with Gasteiger partial charge in [-0.3, -0.25) is 0 Å². The van der Waals surface area contributed by atoms with Crippen LogP contribution in [-0.2, 0) is 14.8 Å². The molecule has 1 aliphatic rings. The van der Waals surface area contributed by atoms with Gasteiger partial charge in [-0.05, 0) is 6.07 Å². The quantitative estimate of drug-likeness (QED) is 0.863. The number of hydrogen-bond acceptors (Lipinski definition) is 5. The molecule has 1 fully saturated rings. The number of rotatable bonds is 4. The van der Waals surface area contributed by atoms with Crippen molar-refractivity contribution in [2.75, 3.05) is 13.2 Å². The lowest BCUT2D eigenvalue weighted by Crippen LogP contribution is -2.40. The number of halogens is 2. The van der Waals surface area contributed by atoms with E-state index in [0.29, 0.717) is 11.3 Å². The monoisotopic (exact) mass is 329 g/mol. The van der Waals surface area contributed by atoms with Crippen LogP contribution in [0, 0.1) is 0 Å². The highest BCUT2D eigenvalue weighted by Gasteiger charge is 2.33. The van der Waals surface area contributed by atoms with Crippen molar-refractivity contribution < 1.29 is 27.4 Å². The molecular weight excluding hydrogens is 321 g/mol. The van der Waals surface area contributed by atoms with Crippen LogP contribution in [0.15, 0.2) is 10.3 Å². The number of carboxylic acids is 1. The molecule has 2 rings (SSSR count). The number of hydrogen-bond donors (Lipinski definition) is 2. The molecule has 0 aromatic carbocycles. The lowest BCUT2D eigenvalue weighted by Gasteiger charge is -2.12. The highest BCUT2D eigenvalue weighted by molar-refractivity contribution is 7.91. The van der Waals surface area contributed by atoms with E-state index in [4.69, 9.17) is 21.4 Å². The fraction of sp³-hybridized carbons (Fsp3) is 0.444. The molecule has 106 valence electrons. The second-order valence-corrected chi connectivity index (χ2v) is 7.43. The summed E-state index contributed by atoms with van der Waals surface area (Å²) in [5.41, 5.74) is -0.300. The van der Waals surface area contributed by atoms with Crippen molar-refractivity contribution in [3.8, 4) is 0 Å². The normalized spacial score (nSPS) is 23.7. The van der Waals surface area contributed by atoms with Gasteiger partial charge < -0.3 is 9.84 Å². The Balaban J connectivity index is 2.24. The van der Waals surface area contributed by atoms with Gasteiger partial charge in [-0.2, -0.15) is 0 Å². The highest BCUT2D eigenvalue weighted by Crippen LogP contribution is 2.31. The predicted molar refractivity (Wildman–Crippen MR) is 66.1 cm³/mol. The molecule has 6 nitrogen and oxygen atoms in total. The molecule has 1 aromatic heterocycles. The number of thiophene rings is 1. The molecule has 19 heavy (non-hydrogen) atoms. The third-order valence-electron chi connectivity index (χ3n) is 2.48. The van der Waals surface area contributed by atoms with E-state index in [9.17, 15) is 17.6 Å². The SMILES string of the molecule is O=C(O)c1cc(S(=O)(=O)N[C@@H]2COC[C@H]2F)sc1Cl. The third kappa shape index (κ3) is 3.06. The van der Waals surface area contributed by atoms with Crippen LogP contribution in [0.25, 0.3) is 0 Å². The molecule has 0 radical (unpaired) electrons. The zero-order valence-electron chi connectivity index (χ0n) is 9.30. The minimum atomic E-state index is -4.01. The van der Waals surface area contributed by atoms with E-state index in [1.165, 1.54) is 0 Å². The molecule has 0 aliphatic carbocycles. The summed E-state index contributed by atoms with van der Waals surface area (Å²) < 4.78 is 43.7. The van der Waals surface area contributed by atoms with Crippen molar-refractivity contribution in [2.45, 2.75) is 16.4 Å². The summed E-state index contributed by atoms with van der Waals surface area (Å²) in [6.45, 7) is -0.232. The molecule has 1 saturated heterocycles. The first-order valence-electron chi connectivity index (χ1n) is 5.08. The fourth-order valence-corrected chi connectivity index (χ4v) is 4.49. The van der Waals surface area contributed by atoms with Crippen LogP contribution >= 0.6 is 22.9 Å². The standard InChI is InChI=1S/C9H9ClFNO5S2/c10-8-4(9(13)14)1-7(18-8)19(15,16)12-6-3-17-2-5(6)11/h1,5-6,12H,2-3H2,(H,13,14)/t5-,6-/m1/s1. The van der Waals surface area contributed by atoms with Crippen LogP contribution in [-0.4, -0.2) is 44.9 Å². The molecule has 0 amide bonds. The number of aromatic carboxylic acids is 1. The molecule has 10 heteroatoms. The maximum atomic E-state index is 13.3. The Morgan fingerprint density at radius 3 is 2.74 bits per heavy atom. The van der Waals surface area contributed by atoms with E-state index < -0.39 is 28.2 Å². The maximum Gasteiger partial charge on any atom is 0.338 e. The summed E-state index contributed by atoms with van der Waals surface area (Å²) in [5.74, 6) is -1.32. The maximum absolute atomic E-state index is 13.3. The van der Waals surface area contributed by atoms with E-state index in [1.54, 1.807) is 0 Å². The average molecular weight is 330 g/mol. The molecule has 0 bridgehead atoms. The topological polar surface area (TPSA) is 92.7 Å². The molecule has 0 saturated carbocycles. The summed E-state index contributed by atoms with van der Waals surface area (Å²) in [6.07, 6.45) is -1.43. The van der Waals surface area contributed by atoms with Crippen LogP contribution in [0.2, 0.25) is 4.34 Å². The van der Waals surface area contributed by atoms with Crippen molar-refractivity contribution in [2.24, 2.45) is 0 Å². The van der Waals surface area contributed by atoms with Crippen LogP contribution in [0.5, 0.6) is 0 Å². The first-order chi connectivity index (χ1) is 8.81. The number of sulfonamides is 1. The lowest BCUT2D eigenvalue weighted by atomic mass is 10.2. The summed E-state index contributed by atoms with van der Waals surface area (Å²) in [7, 11) is -4.01. The Bertz CT molecular complexity index is 602. The first-order valence-corrected chi connectivity index (χ1v) is 7.76. The number of carboxylic acid groups (broad SMARTS) is 1. The van der Waals surface area contributed by atoms with Crippen molar-refractivity contribution >= 4 is 38.9 Å². The number of alkyl halides is 1.